The summed E-state index contributed by atoms with van der Waals surface area (Å²) in [5.41, 5.74) is 38.4. The van der Waals surface area contributed by atoms with Crippen molar-refractivity contribution < 1.29 is 0 Å². The molecule has 468 valence electrons. The Kier molecular flexibility index (Phi) is 13.2. The van der Waals surface area contributed by atoms with E-state index in [2.05, 4.69) is 389 Å². The van der Waals surface area contributed by atoms with Crippen molar-refractivity contribution >= 4 is 34.1 Å². The number of fused-ring (bicyclic) bond motifs is 16. The van der Waals surface area contributed by atoms with Gasteiger partial charge in [-0.15, -0.1) is 0 Å². The van der Waals surface area contributed by atoms with Crippen LogP contribution in [0.25, 0.3) is 100 Å². The van der Waals surface area contributed by atoms with E-state index in [9.17, 15) is 0 Å². The smallest absolute Gasteiger partial charge is 0.0725 e. The molecule has 0 bridgehead atoms. The van der Waals surface area contributed by atoms with Gasteiger partial charge in [-0.3, -0.25) is 0 Å². The lowest BCUT2D eigenvalue weighted by Crippen LogP contribution is -2.25. The first-order valence-electron chi connectivity index (χ1n) is 34.8. The van der Waals surface area contributed by atoms with Gasteiger partial charge in [-0.25, -0.2) is 0 Å². The highest BCUT2D eigenvalue weighted by Gasteiger charge is 2.52. The van der Waals surface area contributed by atoms with E-state index in [1.54, 1.807) is 0 Å². The number of hydrogen-bond acceptors (Lipinski definition) is 2. The molecule has 0 N–H and O–H groups in total. The first-order chi connectivity index (χ1) is 48.6. The fraction of sp³-hybridized carbons (Fsp3) is 0.0722. The molecule has 15 aromatic rings. The van der Waals surface area contributed by atoms with Crippen LogP contribution in [0.5, 0.6) is 0 Å². The molecule has 0 aromatic heterocycles. The Hall–Kier alpha value is -12.1. The second-order valence-electron chi connectivity index (χ2n) is 28.2. The van der Waals surface area contributed by atoms with E-state index < -0.39 is 5.41 Å². The van der Waals surface area contributed by atoms with Crippen LogP contribution in [0.1, 0.15) is 72.2 Å². The minimum Gasteiger partial charge on any atom is -0.310 e. The van der Waals surface area contributed by atoms with E-state index in [1.165, 1.54) is 128 Å². The summed E-state index contributed by atoms with van der Waals surface area (Å²) < 4.78 is 0. The number of nitrogens with zero attached hydrogens (tertiary/aromatic N) is 2. The quantitative estimate of drug-likeness (QED) is 0.127. The van der Waals surface area contributed by atoms with Crippen LogP contribution in [0.4, 0.5) is 34.1 Å². The highest BCUT2D eigenvalue weighted by atomic mass is 15.2. The predicted molar refractivity (Wildman–Crippen MR) is 414 cm³/mol. The monoisotopic (exact) mass is 1260 g/mol. The van der Waals surface area contributed by atoms with E-state index >= 15 is 0 Å². The Labute approximate surface area is 580 Å². The predicted octanol–water partition coefficient (Wildman–Crippen LogP) is 25.9. The number of anilines is 6. The second kappa shape index (κ2) is 22.5. The van der Waals surface area contributed by atoms with Gasteiger partial charge in [0.1, 0.15) is 0 Å². The molecule has 4 aliphatic rings. The van der Waals surface area contributed by atoms with Crippen LogP contribution in [-0.2, 0) is 16.2 Å². The molecule has 99 heavy (non-hydrogen) atoms. The van der Waals surface area contributed by atoms with Gasteiger partial charge in [0.25, 0.3) is 0 Å². The number of benzene rings is 15. The molecule has 0 saturated heterocycles. The van der Waals surface area contributed by atoms with Gasteiger partial charge in [0.15, 0.2) is 0 Å². The van der Waals surface area contributed by atoms with Gasteiger partial charge in [-0.2, -0.15) is 0 Å². The summed E-state index contributed by atoms with van der Waals surface area (Å²) in [5.74, 6) is 0. The fourth-order valence-corrected chi connectivity index (χ4v) is 17.7. The van der Waals surface area contributed by atoms with Crippen LogP contribution in [0.2, 0.25) is 0 Å². The zero-order valence-electron chi connectivity index (χ0n) is 55.9. The van der Waals surface area contributed by atoms with Crippen molar-refractivity contribution in [1.29, 1.82) is 0 Å². The lowest BCUT2D eigenvalue weighted by molar-refractivity contribution is 0.660. The van der Waals surface area contributed by atoms with Gasteiger partial charge >= 0.3 is 0 Å². The van der Waals surface area contributed by atoms with Crippen molar-refractivity contribution in [2.75, 3.05) is 9.80 Å². The van der Waals surface area contributed by atoms with Crippen LogP contribution in [-0.4, -0.2) is 0 Å². The topological polar surface area (TPSA) is 6.48 Å². The highest BCUT2D eigenvalue weighted by Crippen LogP contribution is 2.65. The third-order valence-corrected chi connectivity index (χ3v) is 22.3. The summed E-state index contributed by atoms with van der Waals surface area (Å²) in [7, 11) is 0. The minimum atomic E-state index is -0.522. The summed E-state index contributed by atoms with van der Waals surface area (Å²) in [5, 5.41) is 0. The zero-order chi connectivity index (χ0) is 66.1. The molecule has 0 saturated carbocycles. The van der Waals surface area contributed by atoms with E-state index in [1.807, 2.05) is 0 Å². The van der Waals surface area contributed by atoms with Gasteiger partial charge in [0.2, 0.25) is 0 Å². The molecule has 15 aromatic carbocycles. The molecule has 4 aliphatic carbocycles. The molecule has 0 heterocycles. The number of rotatable bonds is 11. The van der Waals surface area contributed by atoms with E-state index in [0.717, 1.165) is 50.8 Å². The average molecular weight is 1260 g/mol. The van der Waals surface area contributed by atoms with Crippen LogP contribution >= 0.6 is 0 Å². The third-order valence-electron chi connectivity index (χ3n) is 22.3. The van der Waals surface area contributed by atoms with Gasteiger partial charge in [-0.1, -0.05) is 313 Å². The maximum absolute atomic E-state index is 2.48. The Balaban J connectivity index is 0.851. The maximum atomic E-state index is 2.48. The summed E-state index contributed by atoms with van der Waals surface area (Å²) >= 11 is 0. The standard InChI is InChI=1S/C97H70N2/c1-95(2)84-36-16-13-30-81(84)92-76(33-21-41-89(92)95)67-48-56-72(57-49-67)98(70-52-44-65(45-53-70)63-24-7-5-8-25-63)74-60-69(78-35-23-43-91-94(78)83-32-15-20-40-88(83)97(91)86-38-18-11-28-79(86)80-29-12-19-39-87(80)97)61-75(62-74)99(71-54-46-66(47-55-71)64-26-9-6-10-27-64)73-58-50-68(51-59-73)77-34-22-42-90-93(77)82-31-14-17-37-85(82)96(90,3)4/h5-62H,1-4H3. The van der Waals surface area contributed by atoms with Crippen molar-refractivity contribution in [2.24, 2.45) is 0 Å². The summed E-state index contributed by atoms with van der Waals surface area (Å²) in [6.07, 6.45) is 0. The molecular formula is C97H70N2. The van der Waals surface area contributed by atoms with Gasteiger partial charge in [-0.05, 0) is 211 Å². The fourth-order valence-electron chi connectivity index (χ4n) is 17.7. The molecule has 19 rings (SSSR count). The van der Waals surface area contributed by atoms with Crippen molar-refractivity contribution in [1.82, 2.24) is 0 Å². The van der Waals surface area contributed by atoms with Crippen molar-refractivity contribution in [3.63, 3.8) is 0 Å². The summed E-state index contributed by atoms with van der Waals surface area (Å²) in [6, 6.07) is 132. The minimum absolute atomic E-state index is 0.118. The van der Waals surface area contributed by atoms with Crippen LogP contribution < -0.4 is 9.80 Å². The molecule has 2 nitrogen and oxygen atoms in total. The van der Waals surface area contributed by atoms with Crippen molar-refractivity contribution in [3.05, 3.63) is 396 Å². The molecule has 0 unspecified atom stereocenters. The van der Waals surface area contributed by atoms with Crippen LogP contribution in [0, 0.1) is 0 Å². The molecular weight excluding hydrogens is 1190 g/mol. The largest absolute Gasteiger partial charge is 0.310 e. The molecule has 0 aliphatic heterocycles. The van der Waals surface area contributed by atoms with E-state index in [4.69, 9.17) is 0 Å². The third kappa shape index (κ3) is 8.88. The first kappa shape index (κ1) is 58.3. The molecule has 0 amide bonds. The number of hydrogen-bond donors (Lipinski definition) is 0. The van der Waals surface area contributed by atoms with Gasteiger partial charge in [0, 0.05) is 45.0 Å². The Morgan fingerprint density at radius 3 is 0.828 bits per heavy atom. The zero-order valence-corrected chi connectivity index (χ0v) is 55.9. The van der Waals surface area contributed by atoms with E-state index in [0.29, 0.717) is 0 Å². The SMILES string of the molecule is CC1(C)c2ccccc2-c2c(-c3ccc(N(c4ccc(-c5ccccc5)cc4)c4cc(-c5cccc6c5-c5ccccc5C65c6ccccc6-c6ccccc65)cc(N(c5ccc(-c6ccccc6)cc5)c5ccc(-c6cccc7c6-c6ccccc6C7(C)C)cc5)c4)cc3)cccc21. The average Bonchev–Trinajstić information content (AvgIpc) is 1.51. The van der Waals surface area contributed by atoms with Crippen LogP contribution in [0.15, 0.2) is 352 Å². The van der Waals surface area contributed by atoms with Gasteiger partial charge in [0.05, 0.1) is 5.41 Å². The van der Waals surface area contributed by atoms with Crippen LogP contribution in [0.3, 0.4) is 0 Å². The Bertz CT molecular complexity index is 5400. The summed E-state index contributed by atoms with van der Waals surface area (Å²) in [6.45, 7) is 9.47. The van der Waals surface area contributed by atoms with Crippen molar-refractivity contribution in [3.8, 4) is 100 Å². The van der Waals surface area contributed by atoms with E-state index in [-0.39, 0.29) is 10.8 Å². The maximum Gasteiger partial charge on any atom is 0.0725 e. The lowest BCUT2D eigenvalue weighted by atomic mass is 9.70. The normalized spacial score (nSPS) is 13.9. The highest BCUT2D eigenvalue weighted by molar-refractivity contribution is 6.02. The summed E-state index contributed by atoms with van der Waals surface area (Å²) in [4.78, 5) is 4.97. The molecule has 1 spiro atoms. The lowest BCUT2D eigenvalue weighted by Gasteiger charge is -2.31. The molecule has 0 radical (unpaired) electrons. The molecule has 0 atom stereocenters. The molecule has 2 heteroatoms. The first-order valence-corrected chi connectivity index (χ1v) is 34.8. The second-order valence-corrected chi connectivity index (χ2v) is 28.2. The Morgan fingerprint density at radius 2 is 0.434 bits per heavy atom. The van der Waals surface area contributed by atoms with Crippen molar-refractivity contribution in [2.45, 2.75) is 43.9 Å². The molecule has 0 fully saturated rings. The van der Waals surface area contributed by atoms with Gasteiger partial charge < -0.3 is 9.80 Å². The Morgan fingerprint density at radius 1 is 0.172 bits per heavy atom.